The molecule has 2 aliphatic heterocycles. The van der Waals surface area contributed by atoms with Crippen molar-refractivity contribution in [3.05, 3.63) is 59.4 Å². The van der Waals surface area contributed by atoms with Crippen LogP contribution >= 0.6 is 0 Å². The topological polar surface area (TPSA) is 76.3 Å². The summed E-state index contributed by atoms with van der Waals surface area (Å²) in [5.41, 5.74) is 5.89. The number of phenols is 1. The van der Waals surface area contributed by atoms with E-state index in [-0.39, 0.29) is 11.9 Å². The highest BCUT2D eigenvalue weighted by atomic mass is 16.5. The average molecular weight is 418 g/mol. The van der Waals surface area contributed by atoms with Crippen molar-refractivity contribution >= 4 is 0 Å². The van der Waals surface area contributed by atoms with E-state index in [2.05, 4.69) is 41.1 Å². The molecule has 1 fully saturated rings. The summed E-state index contributed by atoms with van der Waals surface area (Å²) in [6.45, 7) is 6.40. The molecule has 160 valence electrons. The Morgan fingerprint density at radius 1 is 0.968 bits per heavy atom. The summed E-state index contributed by atoms with van der Waals surface area (Å²) >= 11 is 0. The lowest BCUT2D eigenvalue weighted by atomic mass is 9.97. The molecule has 0 saturated carbocycles. The quantitative estimate of drug-likeness (QED) is 0.649. The van der Waals surface area contributed by atoms with Crippen molar-refractivity contribution < 1.29 is 9.84 Å². The molecule has 1 aromatic carbocycles. The van der Waals surface area contributed by atoms with Gasteiger partial charge in [0.1, 0.15) is 11.9 Å². The number of fused-ring (bicyclic) bond motifs is 2. The lowest BCUT2D eigenvalue weighted by molar-refractivity contribution is 0.0668. The van der Waals surface area contributed by atoms with Crippen LogP contribution < -0.4 is 4.74 Å². The van der Waals surface area contributed by atoms with Crippen molar-refractivity contribution in [2.75, 3.05) is 7.05 Å². The first-order chi connectivity index (χ1) is 14.9. The molecule has 1 N–H and O–H groups in total. The monoisotopic (exact) mass is 417 g/mol. The summed E-state index contributed by atoms with van der Waals surface area (Å²) < 4.78 is 7.91. The van der Waals surface area contributed by atoms with Crippen molar-refractivity contribution in [1.29, 1.82) is 0 Å². The molecule has 0 amide bonds. The second kappa shape index (κ2) is 7.50. The number of benzene rings is 1. The smallest absolute Gasteiger partial charge is 0.233 e. The van der Waals surface area contributed by atoms with Crippen LogP contribution in [0, 0.1) is 6.92 Å². The fraction of sp³-hybridized carbons (Fsp3) is 0.375. The zero-order chi connectivity index (χ0) is 21.7. The van der Waals surface area contributed by atoms with Crippen LogP contribution in [0.2, 0.25) is 0 Å². The fourth-order valence-electron chi connectivity index (χ4n) is 4.87. The Morgan fingerprint density at radius 2 is 1.71 bits per heavy atom. The number of likely N-dealkylation sites (N-methyl/N-ethyl adjacent to an activating group) is 1. The van der Waals surface area contributed by atoms with Gasteiger partial charge in [-0.25, -0.2) is 4.68 Å². The number of rotatable bonds is 4. The van der Waals surface area contributed by atoms with E-state index in [1.165, 1.54) is 11.1 Å². The SMILES string of the molecule is CC1=C(C)C2CC(Oc3ccc(-c4ccc(-n5ccc(C)n5)cc4O)nn3)CC1N2C. The molecule has 2 atom stereocenters. The maximum atomic E-state index is 10.5. The maximum Gasteiger partial charge on any atom is 0.233 e. The van der Waals surface area contributed by atoms with E-state index in [4.69, 9.17) is 4.74 Å². The molecular weight excluding hydrogens is 390 g/mol. The Labute approximate surface area is 182 Å². The Bertz CT molecular complexity index is 1130. The van der Waals surface area contributed by atoms with Crippen LogP contribution in [0.3, 0.4) is 0 Å². The highest BCUT2D eigenvalue weighted by Crippen LogP contribution is 2.39. The van der Waals surface area contributed by atoms with E-state index in [9.17, 15) is 5.11 Å². The first-order valence-electron chi connectivity index (χ1n) is 10.7. The second-order valence-corrected chi connectivity index (χ2v) is 8.63. The van der Waals surface area contributed by atoms with E-state index in [0.717, 1.165) is 24.2 Å². The molecule has 2 aliphatic rings. The predicted octanol–water partition coefficient (Wildman–Crippen LogP) is 3.90. The number of hydrogen-bond donors (Lipinski definition) is 1. The lowest BCUT2D eigenvalue weighted by Crippen LogP contribution is -2.45. The molecule has 0 spiro atoms. The van der Waals surface area contributed by atoms with Gasteiger partial charge < -0.3 is 9.84 Å². The number of nitrogens with zero attached hydrogens (tertiary/aromatic N) is 5. The van der Waals surface area contributed by atoms with Crippen LogP contribution in [-0.2, 0) is 0 Å². The van der Waals surface area contributed by atoms with E-state index >= 15 is 0 Å². The minimum atomic E-state index is 0.129. The van der Waals surface area contributed by atoms with E-state index in [1.807, 2.05) is 43.5 Å². The maximum absolute atomic E-state index is 10.5. The zero-order valence-corrected chi connectivity index (χ0v) is 18.3. The zero-order valence-electron chi connectivity index (χ0n) is 18.3. The number of piperidine rings is 1. The Hall–Kier alpha value is -3.19. The van der Waals surface area contributed by atoms with Crippen LogP contribution in [0.25, 0.3) is 16.9 Å². The summed E-state index contributed by atoms with van der Waals surface area (Å²) in [5.74, 6) is 0.661. The summed E-state index contributed by atoms with van der Waals surface area (Å²) in [6.07, 6.45) is 3.93. The number of aromatic hydroxyl groups is 1. The lowest BCUT2D eigenvalue weighted by Gasteiger charge is -2.37. The highest BCUT2D eigenvalue weighted by molar-refractivity contribution is 5.68. The molecule has 2 bridgehead atoms. The van der Waals surface area contributed by atoms with Crippen molar-refractivity contribution in [3.63, 3.8) is 0 Å². The summed E-state index contributed by atoms with van der Waals surface area (Å²) in [4.78, 5) is 2.45. The highest BCUT2D eigenvalue weighted by Gasteiger charge is 2.42. The standard InChI is InChI=1S/C24H27N5O2/c1-14-9-10-29(27-14)17-5-6-19(23(30)11-17)20-7-8-24(26-25-20)31-18-12-21-15(2)16(3)22(13-18)28(21)4/h5-11,18,21-22,30H,12-13H2,1-4H3. The second-order valence-electron chi connectivity index (χ2n) is 8.63. The molecular formula is C24H27N5O2. The molecule has 31 heavy (non-hydrogen) atoms. The van der Waals surface area contributed by atoms with Crippen molar-refractivity contribution in [3.8, 4) is 28.6 Å². The van der Waals surface area contributed by atoms with Crippen LogP contribution in [-0.4, -0.2) is 55.2 Å². The normalized spacial score (nSPS) is 23.4. The van der Waals surface area contributed by atoms with Gasteiger partial charge in [-0.2, -0.15) is 5.10 Å². The van der Waals surface area contributed by atoms with Gasteiger partial charge >= 0.3 is 0 Å². The van der Waals surface area contributed by atoms with Gasteiger partial charge in [0.05, 0.1) is 17.1 Å². The third-order valence-corrected chi connectivity index (χ3v) is 6.75. The number of phenolic OH excluding ortho intramolecular Hbond substituents is 1. The van der Waals surface area contributed by atoms with Gasteiger partial charge in [-0.05, 0) is 52.1 Å². The first-order valence-corrected chi connectivity index (χ1v) is 10.7. The van der Waals surface area contributed by atoms with Gasteiger partial charge in [-0.1, -0.05) is 11.1 Å². The molecule has 3 aromatic rings. The van der Waals surface area contributed by atoms with Crippen LogP contribution in [0.1, 0.15) is 32.4 Å². The summed E-state index contributed by atoms with van der Waals surface area (Å²) in [6, 6.07) is 11.9. The van der Waals surface area contributed by atoms with Gasteiger partial charge in [0.25, 0.3) is 0 Å². The predicted molar refractivity (Wildman–Crippen MR) is 118 cm³/mol. The number of aromatic nitrogens is 4. The van der Waals surface area contributed by atoms with Crippen LogP contribution in [0.4, 0.5) is 0 Å². The Morgan fingerprint density at radius 3 is 2.29 bits per heavy atom. The Balaban J connectivity index is 1.30. The molecule has 0 radical (unpaired) electrons. The van der Waals surface area contributed by atoms with Gasteiger partial charge in [-0.15, -0.1) is 10.2 Å². The van der Waals surface area contributed by atoms with Crippen molar-refractivity contribution in [1.82, 2.24) is 24.9 Å². The van der Waals surface area contributed by atoms with E-state index in [0.29, 0.717) is 29.2 Å². The molecule has 7 nitrogen and oxygen atoms in total. The largest absolute Gasteiger partial charge is 0.507 e. The summed E-state index contributed by atoms with van der Waals surface area (Å²) in [7, 11) is 2.20. The van der Waals surface area contributed by atoms with Crippen molar-refractivity contribution in [2.24, 2.45) is 0 Å². The minimum Gasteiger partial charge on any atom is -0.507 e. The molecule has 5 rings (SSSR count). The summed E-state index contributed by atoms with van der Waals surface area (Å²) in [5, 5.41) is 23.5. The van der Waals surface area contributed by atoms with Crippen molar-refractivity contribution in [2.45, 2.75) is 51.8 Å². The molecule has 4 heterocycles. The fourth-order valence-corrected chi connectivity index (χ4v) is 4.87. The average Bonchev–Trinajstić information content (AvgIpc) is 3.24. The first kappa shape index (κ1) is 19.8. The Kier molecular flexibility index (Phi) is 4.78. The molecule has 2 unspecified atom stereocenters. The van der Waals surface area contributed by atoms with Crippen LogP contribution in [0.5, 0.6) is 11.6 Å². The van der Waals surface area contributed by atoms with Gasteiger partial charge in [0.2, 0.25) is 5.88 Å². The molecule has 2 aromatic heterocycles. The van der Waals surface area contributed by atoms with E-state index in [1.54, 1.807) is 10.7 Å². The number of hydrogen-bond acceptors (Lipinski definition) is 6. The molecule has 7 heteroatoms. The molecule has 0 aliphatic carbocycles. The third kappa shape index (κ3) is 3.49. The van der Waals surface area contributed by atoms with Gasteiger partial charge in [0.15, 0.2) is 0 Å². The van der Waals surface area contributed by atoms with E-state index < -0.39 is 0 Å². The van der Waals surface area contributed by atoms with Crippen LogP contribution in [0.15, 0.2) is 53.7 Å². The minimum absolute atomic E-state index is 0.129. The van der Waals surface area contributed by atoms with Gasteiger partial charge in [0, 0.05) is 48.8 Å². The number of ether oxygens (including phenoxy) is 1. The van der Waals surface area contributed by atoms with Gasteiger partial charge in [-0.3, -0.25) is 4.90 Å². The molecule has 1 saturated heterocycles. The third-order valence-electron chi connectivity index (χ3n) is 6.75. The number of aryl methyl sites for hydroxylation is 1.